The molecule has 3 aromatic carbocycles. The SMILES string of the molecule is Clc1ccc(Cl)c(NCN(c2ccccc2)c2ccccc2)c1. The standard InChI is InChI=1S/C19H16Cl2N2/c20-15-11-12-18(21)19(13-15)22-14-23(16-7-3-1-4-8-16)17-9-5-2-6-10-17/h1-13,22H,14H2. The molecular weight excluding hydrogens is 327 g/mol. The Morgan fingerprint density at radius 1 is 0.739 bits per heavy atom. The van der Waals surface area contributed by atoms with Crippen LogP contribution in [0.15, 0.2) is 78.9 Å². The van der Waals surface area contributed by atoms with Crippen LogP contribution in [0, 0.1) is 0 Å². The largest absolute Gasteiger partial charge is 0.366 e. The van der Waals surface area contributed by atoms with Crippen LogP contribution >= 0.6 is 23.2 Å². The zero-order valence-electron chi connectivity index (χ0n) is 12.4. The molecule has 0 aromatic heterocycles. The Morgan fingerprint density at radius 3 is 1.87 bits per heavy atom. The third-order valence-electron chi connectivity index (χ3n) is 3.49. The smallest absolute Gasteiger partial charge is 0.0925 e. The highest BCUT2D eigenvalue weighted by Crippen LogP contribution is 2.28. The topological polar surface area (TPSA) is 15.3 Å². The number of anilines is 3. The molecule has 0 heterocycles. The minimum absolute atomic E-state index is 0.577. The van der Waals surface area contributed by atoms with Gasteiger partial charge >= 0.3 is 0 Å². The maximum Gasteiger partial charge on any atom is 0.0925 e. The van der Waals surface area contributed by atoms with Gasteiger partial charge in [0.05, 0.1) is 17.4 Å². The lowest BCUT2D eigenvalue weighted by atomic mass is 10.2. The highest BCUT2D eigenvalue weighted by Gasteiger charge is 2.09. The summed E-state index contributed by atoms with van der Waals surface area (Å²) in [4.78, 5) is 2.18. The molecule has 0 atom stereocenters. The molecule has 0 aliphatic carbocycles. The second-order valence-corrected chi connectivity index (χ2v) is 5.90. The second-order valence-electron chi connectivity index (χ2n) is 5.06. The van der Waals surface area contributed by atoms with E-state index < -0.39 is 0 Å². The van der Waals surface area contributed by atoms with E-state index in [-0.39, 0.29) is 0 Å². The molecule has 2 nitrogen and oxygen atoms in total. The van der Waals surface area contributed by atoms with Crippen LogP contribution in [0.3, 0.4) is 0 Å². The normalized spacial score (nSPS) is 10.3. The van der Waals surface area contributed by atoms with E-state index in [4.69, 9.17) is 23.2 Å². The first-order valence-corrected chi connectivity index (χ1v) is 8.06. The molecule has 3 aromatic rings. The summed E-state index contributed by atoms with van der Waals surface area (Å²) in [5, 5.41) is 4.66. The first kappa shape index (κ1) is 15.7. The number of benzene rings is 3. The van der Waals surface area contributed by atoms with Gasteiger partial charge in [-0.15, -0.1) is 0 Å². The maximum atomic E-state index is 6.23. The quantitative estimate of drug-likeness (QED) is 0.555. The molecule has 0 radical (unpaired) electrons. The molecule has 0 spiro atoms. The fourth-order valence-corrected chi connectivity index (χ4v) is 2.70. The van der Waals surface area contributed by atoms with Crippen molar-refractivity contribution in [2.75, 3.05) is 16.9 Å². The van der Waals surface area contributed by atoms with Crippen LogP contribution in [0.1, 0.15) is 0 Å². The molecule has 23 heavy (non-hydrogen) atoms. The zero-order valence-corrected chi connectivity index (χ0v) is 13.9. The Labute approximate surface area is 146 Å². The van der Waals surface area contributed by atoms with Crippen LogP contribution in [-0.4, -0.2) is 6.67 Å². The lowest BCUT2D eigenvalue weighted by molar-refractivity contribution is 1.03. The van der Waals surface area contributed by atoms with Gasteiger partial charge in [0.2, 0.25) is 0 Å². The lowest BCUT2D eigenvalue weighted by Gasteiger charge is -2.26. The van der Waals surface area contributed by atoms with Crippen molar-refractivity contribution < 1.29 is 0 Å². The molecule has 0 saturated heterocycles. The van der Waals surface area contributed by atoms with Gasteiger partial charge in [0, 0.05) is 16.4 Å². The average Bonchev–Trinajstić information content (AvgIpc) is 2.60. The number of para-hydroxylation sites is 2. The highest BCUT2D eigenvalue weighted by atomic mass is 35.5. The number of hydrogen-bond donors (Lipinski definition) is 1. The van der Waals surface area contributed by atoms with E-state index in [1.54, 1.807) is 12.1 Å². The van der Waals surface area contributed by atoms with Crippen molar-refractivity contribution in [2.45, 2.75) is 0 Å². The molecule has 0 fully saturated rings. The summed E-state index contributed by atoms with van der Waals surface area (Å²) in [7, 11) is 0. The first-order valence-electron chi connectivity index (χ1n) is 7.30. The van der Waals surface area contributed by atoms with Crippen molar-refractivity contribution in [1.82, 2.24) is 0 Å². The molecular formula is C19H16Cl2N2. The number of hydrogen-bond acceptors (Lipinski definition) is 2. The Morgan fingerprint density at radius 2 is 1.30 bits per heavy atom. The minimum atomic E-state index is 0.577. The van der Waals surface area contributed by atoms with E-state index in [0.29, 0.717) is 16.7 Å². The Kier molecular flexibility index (Phi) is 5.06. The van der Waals surface area contributed by atoms with Gasteiger partial charge in [-0.05, 0) is 42.5 Å². The average molecular weight is 343 g/mol. The Balaban J connectivity index is 1.86. The zero-order chi connectivity index (χ0) is 16.1. The summed E-state index contributed by atoms with van der Waals surface area (Å²) in [6, 6.07) is 25.8. The van der Waals surface area contributed by atoms with Gasteiger partial charge in [-0.1, -0.05) is 59.6 Å². The Hall–Kier alpha value is -2.16. The van der Waals surface area contributed by atoms with Gasteiger partial charge in [0.25, 0.3) is 0 Å². The third-order valence-corrected chi connectivity index (χ3v) is 4.06. The van der Waals surface area contributed by atoms with E-state index in [2.05, 4.69) is 34.5 Å². The van der Waals surface area contributed by atoms with Crippen LogP contribution in [0.2, 0.25) is 10.0 Å². The van der Waals surface area contributed by atoms with Crippen molar-refractivity contribution in [3.05, 3.63) is 88.9 Å². The van der Waals surface area contributed by atoms with Crippen molar-refractivity contribution in [1.29, 1.82) is 0 Å². The third kappa shape index (κ3) is 3.98. The molecule has 0 unspecified atom stereocenters. The van der Waals surface area contributed by atoms with E-state index in [0.717, 1.165) is 17.1 Å². The molecule has 116 valence electrons. The van der Waals surface area contributed by atoms with Gasteiger partial charge in [0.1, 0.15) is 0 Å². The predicted octanol–water partition coefficient (Wildman–Crippen LogP) is 6.20. The summed E-state index contributed by atoms with van der Waals surface area (Å²) in [5.41, 5.74) is 3.02. The summed E-state index contributed by atoms with van der Waals surface area (Å²) >= 11 is 12.3. The van der Waals surface area contributed by atoms with Crippen LogP contribution in [0.5, 0.6) is 0 Å². The summed E-state index contributed by atoms with van der Waals surface area (Å²) < 4.78 is 0. The summed E-state index contributed by atoms with van der Waals surface area (Å²) in [6.07, 6.45) is 0. The molecule has 3 rings (SSSR count). The van der Waals surface area contributed by atoms with Crippen molar-refractivity contribution in [3.8, 4) is 0 Å². The molecule has 4 heteroatoms. The lowest BCUT2D eigenvalue weighted by Crippen LogP contribution is -2.24. The molecule has 0 aliphatic rings. The van der Waals surface area contributed by atoms with Gasteiger partial charge < -0.3 is 10.2 Å². The monoisotopic (exact) mass is 342 g/mol. The van der Waals surface area contributed by atoms with E-state index in [1.807, 2.05) is 42.5 Å². The van der Waals surface area contributed by atoms with Gasteiger partial charge in [-0.2, -0.15) is 0 Å². The minimum Gasteiger partial charge on any atom is -0.366 e. The number of halogens is 2. The first-order chi connectivity index (χ1) is 11.2. The fraction of sp³-hybridized carbons (Fsp3) is 0.0526. The van der Waals surface area contributed by atoms with E-state index >= 15 is 0 Å². The Bertz CT molecular complexity index is 721. The number of nitrogens with zero attached hydrogens (tertiary/aromatic N) is 1. The van der Waals surface area contributed by atoms with Gasteiger partial charge in [0.15, 0.2) is 0 Å². The van der Waals surface area contributed by atoms with Crippen LogP contribution in [-0.2, 0) is 0 Å². The van der Waals surface area contributed by atoms with Crippen molar-refractivity contribution in [2.24, 2.45) is 0 Å². The summed E-state index contributed by atoms with van der Waals surface area (Å²) in [6.45, 7) is 0.577. The van der Waals surface area contributed by atoms with Crippen molar-refractivity contribution >= 4 is 40.3 Å². The van der Waals surface area contributed by atoms with Crippen LogP contribution in [0.4, 0.5) is 17.1 Å². The van der Waals surface area contributed by atoms with Crippen LogP contribution in [0.25, 0.3) is 0 Å². The highest BCUT2D eigenvalue weighted by molar-refractivity contribution is 6.35. The van der Waals surface area contributed by atoms with E-state index in [1.165, 1.54) is 0 Å². The summed E-state index contributed by atoms with van der Waals surface area (Å²) in [5.74, 6) is 0. The molecule has 0 bridgehead atoms. The maximum absolute atomic E-state index is 6.23. The van der Waals surface area contributed by atoms with E-state index in [9.17, 15) is 0 Å². The van der Waals surface area contributed by atoms with Gasteiger partial charge in [-0.3, -0.25) is 0 Å². The fourth-order valence-electron chi connectivity index (χ4n) is 2.34. The number of rotatable bonds is 5. The van der Waals surface area contributed by atoms with Gasteiger partial charge in [-0.25, -0.2) is 0 Å². The predicted molar refractivity (Wildman–Crippen MR) is 100.0 cm³/mol. The number of nitrogens with one attached hydrogen (secondary N) is 1. The van der Waals surface area contributed by atoms with Crippen molar-refractivity contribution in [3.63, 3.8) is 0 Å². The second kappa shape index (κ2) is 7.40. The molecule has 0 aliphatic heterocycles. The molecule has 1 N–H and O–H groups in total. The molecule has 0 saturated carbocycles. The molecule has 0 amide bonds. The van der Waals surface area contributed by atoms with Crippen LogP contribution < -0.4 is 10.2 Å².